The molecule has 4 aromatic rings. The molecule has 0 spiro atoms. The Morgan fingerprint density at radius 3 is 2.30 bits per heavy atom. The number of phenols is 2. The lowest BCUT2D eigenvalue weighted by atomic mass is 9.49. The van der Waals surface area contributed by atoms with Crippen LogP contribution in [-0.2, 0) is 24.6 Å². The Labute approximate surface area is 306 Å². The van der Waals surface area contributed by atoms with Crippen LogP contribution in [0.5, 0.6) is 11.5 Å². The van der Waals surface area contributed by atoms with Crippen molar-refractivity contribution in [3.8, 4) is 11.5 Å². The molecular weight excluding hydrogens is 705 g/mol. The minimum Gasteiger partial charge on any atom is -0.507 e. The lowest BCUT2D eigenvalue weighted by Gasteiger charge is -2.50. The van der Waals surface area contributed by atoms with Crippen molar-refractivity contribution in [3.05, 3.63) is 130 Å². The molecule has 2 saturated heterocycles. The molecule has 2 aliphatic carbocycles. The molecule has 0 aromatic heterocycles. The SMILES string of the molecule is Cc1cccc([C@H]2C3=CC[C@@H]4C(=O)N(c5ccc(C(=O)O)c(O)c5)C(=O)[C@@H]4[C@@H]3C[C@H]3C(=O)N(Nc4ccc(F)cc4)C(=O)[C@@]23c2ccc(Cl)cc2)c1O. The Kier molecular flexibility index (Phi) is 7.91. The molecule has 4 amide bonds. The molecule has 6 atom stereocenters. The van der Waals surface area contributed by atoms with E-state index in [2.05, 4.69) is 5.43 Å². The van der Waals surface area contributed by atoms with Crippen LogP contribution in [0.15, 0.2) is 96.6 Å². The van der Waals surface area contributed by atoms with Crippen LogP contribution < -0.4 is 10.3 Å². The molecule has 13 heteroatoms. The van der Waals surface area contributed by atoms with Gasteiger partial charge in [0.1, 0.15) is 22.9 Å². The van der Waals surface area contributed by atoms with E-state index in [-0.39, 0.29) is 30.0 Å². The number of hydrazine groups is 1. The molecule has 2 heterocycles. The Hall–Kier alpha value is -6.01. The number of aromatic carboxylic acids is 1. The highest BCUT2D eigenvalue weighted by molar-refractivity contribution is 6.30. The van der Waals surface area contributed by atoms with E-state index in [9.17, 15) is 38.9 Å². The predicted molar refractivity (Wildman–Crippen MR) is 189 cm³/mol. The average molecular weight is 736 g/mol. The molecule has 53 heavy (non-hydrogen) atoms. The van der Waals surface area contributed by atoms with Gasteiger partial charge in [-0.25, -0.2) is 14.1 Å². The number of rotatable bonds is 6. The molecule has 0 bridgehead atoms. The number of nitrogens with one attached hydrogen (secondary N) is 1. The third kappa shape index (κ3) is 4.96. The number of fused-ring (bicyclic) bond motifs is 4. The van der Waals surface area contributed by atoms with Gasteiger partial charge in [0.25, 0.3) is 11.8 Å². The number of allylic oxidation sites excluding steroid dienone is 2. The summed E-state index contributed by atoms with van der Waals surface area (Å²) >= 11 is 6.33. The average Bonchev–Trinajstić information content (AvgIpc) is 3.51. The number of carboxylic acids is 1. The topological polar surface area (TPSA) is 165 Å². The summed E-state index contributed by atoms with van der Waals surface area (Å²) < 4.78 is 13.9. The number of nitrogens with zero attached hydrogens (tertiary/aromatic N) is 2. The Morgan fingerprint density at radius 2 is 1.62 bits per heavy atom. The van der Waals surface area contributed by atoms with E-state index in [0.29, 0.717) is 27.3 Å². The number of carbonyl (C=O) groups excluding carboxylic acids is 4. The summed E-state index contributed by atoms with van der Waals surface area (Å²) in [6, 6.07) is 20.3. The zero-order valence-electron chi connectivity index (χ0n) is 28.0. The van der Waals surface area contributed by atoms with E-state index in [1.165, 1.54) is 30.3 Å². The number of benzene rings is 4. The number of para-hydroxylation sites is 1. The van der Waals surface area contributed by atoms with E-state index in [1.807, 2.05) is 6.08 Å². The molecule has 0 unspecified atom stereocenters. The Bertz CT molecular complexity index is 2290. The highest BCUT2D eigenvalue weighted by Crippen LogP contribution is 2.65. The number of amides is 4. The van der Waals surface area contributed by atoms with Gasteiger partial charge in [-0.1, -0.05) is 53.6 Å². The largest absolute Gasteiger partial charge is 0.507 e. The van der Waals surface area contributed by atoms with Gasteiger partial charge in [-0.15, -0.1) is 0 Å². The fourth-order valence-corrected chi connectivity index (χ4v) is 9.13. The molecule has 3 fully saturated rings. The lowest BCUT2D eigenvalue weighted by Crippen LogP contribution is -2.53. The zero-order chi connectivity index (χ0) is 37.5. The number of anilines is 2. The smallest absolute Gasteiger partial charge is 0.339 e. The van der Waals surface area contributed by atoms with Crippen molar-refractivity contribution in [3.63, 3.8) is 0 Å². The highest BCUT2D eigenvalue weighted by Gasteiger charge is 2.70. The normalized spacial score (nSPS) is 26.2. The quantitative estimate of drug-likeness (QED) is 0.136. The first-order valence-electron chi connectivity index (χ1n) is 16.9. The first kappa shape index (κ1) is 34.1. The second-order valence-electron chi connectivity index (χ2n) is 13.9. The van der Waals surface area contributed by atoms with Crippen molar-refractivity contribution < 1.29 is 43.7 Å². The third-order valence-electron chi connectivity index (χ3n) is 11.3. The molecular formula is C40H31ClFN3O8. The van der Waals surface area contributed by atoms with Gasteiger partial charge >= 0.3 is 5.97 Å². The van der Waals surface area contributed by atoms with Crippen LogP contribution in [0.2, 0.25) is 5.02 Å². The zero-order valence-corrected chi connectivity index (χ0v) is 28.8. The standard InChI is InChI=1S/C40H31ClFN3O8/c1-19-3-2-4-28(34(19)47)33-25-15-16-27-32(37(50)44(35(27)48)24-13-14-26(38(51)52)31(46)17-24)29(25)18-30-36(49)45(43-23-11-9-22(42)10-12-23)39(53)40(30,33)20-5-7-21(41)8-6-20/h2-15,17,27,29-30,32-33,43,46-47H,16,18H2,1H3,(H,51,52)/t27-,29+,30-,32-,33+,40+/m0/s1. The summed E-state index contributed by atoms with van der Waals surface area (Å²) in [5, 5.41) is 32.9. The van der Waals surface area contributed by atoms with Crippen LogP contribution in [0.1, 0.15) is 45.8 Å². The van der Waals surface area contributed by atoms with Gasteiger partial charge < -0.3 is 15.3 Å². The summed E-state index contributed by atoms with van der Waals surface area (Å²) in [5.74, 6) is -9.70. The maximum absolute atomic E-state index is 15.2. The van der Waals surface area contributed by atoms with Crippen LogP contribution in [0.25, 0.3) is 0 Å². The fourth-order valence-electron chi connectivity index (χ4n) is 9.01. The third-order valence-corrected chi connectivity index (χ3v) is 11.6. The number of carboxylic acid groups (broad SMARTS) is 1. The minimum atomic E-state index is -1.67. The molecule has 268 valence electrons. The summed E-state index contributed by atoms with van der Waals surface area (Å²) in [7, 11) is 0. The van der Waals surface area contributed by atoms with Crippen LogP contribution >= 0.6 is 11.6 Å². The van der Waals surface area contributed by atoms with Crippen molar-refractivity contribution in [2.24, 2.45) is 23.7 Å². The number of halogens is 2. The minimum absolute atomic E-state index is 0.000516. The predicted octanol–water partition coefficient (Wildman–Crippen LogP) is 6.09. The molecule has 4 aliphatic rings. The molecule has 0 radical (unpaired) electrons. The summed E-state index contributed by atoms with van der Waals surface area (Å²) in [6.07, 6.45) is 1.90. The highest BCUT2D eigenvalue weighted by atomic mass is 35.5. The molecule has 4 N–H and O–H groups in total. The second-order valence-corrected chi connectivity index (χ2v) is 14.3. The summed E-state index contributed by atoms with van der Waals surface area (Å²) in [5.41, 5.74) is 3.01. The maximum atomic E-state index is 15.2. The number of carbonyl (C=O) groups is 5. The molecule has 11 nitrogen and oxygen atoms in total. The van der Waals surface area contributed by atoms with Gasteiger partial charge in [0.15, 0.2) is 0 Å². The number of aryl methyl sites for hydroxylation is 1. The van der Waals surface area contributed by atoms with Gasteiger partial charge in [-0.05, 0) is 85.3 Å². The number of hydrogen-bond donors (Lipinski definition) is 4. The van der Waals surface area contributed by atoms with Crippen molar-refractivity contribution in [2.75, 3.05) is 10.3 Å². The molecule has 2 aliphatic heterocycles. The van der Waals surface area contributed by atoms with Crippen LogP contribution in [0, 0.1) is 36.4 Å². The van der Waals surface area contributed by atoms with Gasteiger partial charge in [-0.2, -0.15) is 5.01 Å². The number of imide groups is 2. The van der Waals surface area contributed by atoms with E-state index >= 15 is 4.79 Å². The van der Waals surface area contributed by atoms with Gasteiger partial charge in [0.2, 0.25) is 11.8 Å². The summed E-state index contributed by atoms with van der Waals surface area (Å²) in [4.78, 5) is 70.9. The summed E-state index contributed by atoms with van der Waals surface area (Å²) in [6.45, 7) is 1.71. The van der Waals surface area contributed by atoms with Gasteiger partial charge in [0, 0.05) is 22.6 Å². The first-order chi connectivity index (χ1) is 25.3. The van der Waals surface area contributed by atoms with Crippen LogP contribution in [0.3, 0.4) is 0 Å². The maximum Gasteiger partial charge on any atom is 0.339 e. The lowest BCUT2D eigenvalue weighted by molar-refractivity contribution is -0.138. The number of aromatic hydroxyl groups is 2. The van der Waals surface area contributed by atoms with E-state index in [4.69, 9.17) is 11.6 Å². The van der Waals surface area contributed by atoms with Crippen molar-refractivity contribution in [1.82, 2.24) is 5.01 Å². The number of phenolic OH excluding ortho intramolecular Hbond substituents is 1. The van der Waals surface area contributed by atoms with Gasteiger partial charge in [0.05, 0.1) is 34.5 Å². The second kappa shape index (κ2) is 12.3. The fraction of sp³-hybridized carbons (Fsp3) is 0.225. The van der Waals surface area contributed by atoms with E-state index < -0.39 is 81.7 Å². The number of hydrogen-bond acceptors (Lipinski definition) is 8. The van der Waals surface area contributed by atoms with E-state index in [1.54, 1.807) is 49.4 Å². The molecule has 1 saturated carbocycles. The van der Waals surface area contributed by atoms with Crippen LogP contribution in [0.4, 0.5) is 15.8 Å². The Balaban J connectivity index is 1.31. The van der Waals surface area contributed by atoms with Crippen molar-refractivity contribution in [2.45, 2.75) is 31.1 Å². The van der Waals surface area contributed by atoms with Crippen molar-refractivity contribution >= 4 is 52.6 Å². The molecule has 4 aromatic carbocycles. The van der Waals surface area contributed by atoms with Crippen molar-refractivity contribution in [1.29, 1.82) is 0 Å². The molecule has 8 rings (SSSR count). The first-order valence-corrected chi connectivity index (χ1v) is 17.3. The van der Waals surface area contributed by atoms with Crippen LogP contribution in [-0.4, -0.2) is 49.9 Å². The van der Waals surface area contributed by atoms with E-state index in [0.717, 1.165) is 22.0 Å². The Morgan fingerprint density at radius 1 is 0.906 bits per heavy atom. The van der Waals surface area contributed by atoms with Gasteiger partial charge in [-0.3, -0.25) is 24.6 Å². The monoisotopic (exact) mass is 735 g/mol.